The quantitative estimate of drug-likeness (QED) is 0.698. The van der Waals surface area contributed by atoms with E-state index in [9.17, 15) is 5.11 Å². The van der Waals surface area contributed by atoms with E-state index in [-0.39, 0.29) is 10.7 Å². The lowest BCUT2D eigenvalue weighted by Crippen LogP contribution is -1.69. The molecule has 90 valence electrons. The molecule has 2 heterocycles. The summed E-state index contributed by atoms with van der Waals surface area (Å²) in [4.78, 5) is 7.09. The van der Waals surface area contributed by atoms with Crippen molar-refractivity contribution in [3.63, 3.8) is 0 Å². The van der Waals surface area contributed by atoms with Crippen LogP contribution in [0.5, 0.6) is 5.88 Å². The van der Waals surface area contributed by atoms with Gasteiger partial charge in [-0.15, -0.1) is 11.3 Å². The Labute approximate surface area is 111 Å². The molecule has 1 aromatic carbocycles. The standard InChI is InChI=1S/C12H8N2O2S2/c15-11-8(16-12(17)14-11)5-6-10-13-7-3-1-2-4-9(7)18-10/h1-6,15H,(H,14,17)/b6-5+. The van der Waals surface area contributed by atoms with Crippen LogP contribution >= 0.6 is 23.6 Å². The Morgan fingerprint density at radius 1 is 1.33 bits per heavy atom. The minimum atomic E-state index is -0.0719. The predicted molar refractivity (Wildman–Crippen MR) is 74.1 cm³/mol. The molecule has 0 aliphatic heterocycles. The number of nitrogens with one attached hydrogen (secondary N) is 1. The molecule has 3 aromatic rings. The molecule has 0 atom stereocenters. The number of hydrogen-bond donors (Lipinski definition) is 2. The molecule has 6 heteroatoms. The van der Waals surface area contributed by atoms with Crippen LogP contribution in [0.25, 0.3) is 22.4 Å². The predicted octanol–water partition coefficient (Wildman–Crippen LogP) is 3.82. The lowest BCUT2D eigenvalue weighted by atomic mass is 10.3. The van der Waals surface area contributed by atoms with Gasteiger partial charge in [-0.3, -0.25) is 4.98 Å². The molecule has 0 bridgehead atoms. The third-order valence-corrected chi connectivity index (χ3v) is 3.53. The van der Waals surface area contributed by atoms with Crippen LogP contribution in [-0.4, -0.2) is 15.1 Å². The zero-order valence-electron chi connectivity index (χ0n) is 9.08. The van der Waals surface area contributed by atoms with Gasteiger partial charge in [-0.2, -0.15) is 0 Å². The minimum Gasteiger partial charge on any atom is -0.492 e. The lowest BCUT2D eigenvalue weighted by Gasteiger charge is -1.84. The first-order valence-electron chi connectivity index (χ1n) is 5.18. The number of aromatic amines is 1. The van der Waals surface area contributed by atoms with E-state index in [1.54, 1.807) is 23.5 Å². The first-order valence-corrected chi connectivity index (χ1v) is 6.40. The maximum atomic E-state index is 9.46. The first-order chi connectivity index (χ1) is 8.72. The van der Waals surface area contributed by atoms with Crippen LogP contribution in [-0.2, 0) is 0 Å². The van der Waals surface area contributed by atoms with Crippen molar-refractivity contribution in [2.24, 2.45) is 0 Å². The summed E-state index contributed by atoms with van der Waals surface area (Å²) >= 11 is 6.35. The number of benzene rings is 1. The van der Waals surface area contributed by atoms with Crippen molar-refractivity contribution >= 4 is 45.9 Å². The molecular formula is C12H8N2O2S2. The molecule has 2 aromatic heterocycles. The van der Waals surface area contributed by atoms with Crippen molar-refractivity contribution < 1.29 is 9.52 Å². The fourth-order valence-electron chi connectivity index (χ4n) is 1.55. The van der Waals surface area contributed by atoms with Crippen molar-refractivity contribution in [2.75, 3.05) is 0 Å². The molecule has 0 saturated heterocycles. The fourth-order valence-corrected chi connectivity index (χ4v) is 2.61. The van der Waals surface area contributed by atoms with Gasteiger partial charge in [-0.05, 0) is 36.5 Å². The van der Waals surface area contributed by atoms with E-state index in [2.05, 4.69) is 9.97 Å². The second-order valence-electron chi connectivity index (χ2n) is 3.58. The summed E-state index contributed by atoms with van der Waals surface area (Å²) in [6.45, 7) is 0. The van der Waals surface area contributed by atoms with Crippen molar-refractivity contribution in [1.82, 2.24) is 9.97 Å². The average Bonchev–Trinajstić information content (AvgIpc) is 2.89. The zero-order chi connectivity index (χ0) is 12.5. The highest BCUT2D eigenvalue weighted by Crippen LogP contribution is 2.24. The molecule has 0 aliphatic rings. The van der Waals surface area contributed by atoms with Crippen LogP contribution in [0.2, 0.25) is 0 Å². The first kappa shape index (κ1) is 11.2. The molecule has 0 spiro atoms. The van der Waals surface area contributed by atoms with E-state index in [0.29, 0.717) is 5.76 Å². The Morgan fingerprint density at radius 2 is 2.17 bits per heavy atom. The summed E-state index contributed by atoms with van der Waals surface area (Å²) in [6, 6.07) is 7.91. The second-order valence-corrected chi connectivity index (χ2v) is 5.01. The van der Waals surface area contributed by atoms with Crippen molar-refractivity contribution in [3.05, 3.63) is 39.9 Å². The highest BCUT2D eigenvalue weighted by atomic mass is 32.1. The summed E-state index contributed by atoms with van der Waals surface area (Å²) in [6.07, 6.45) is 3.42. The zero-order valence-corrected chi connectivity index (χ0v) is 10.7. The highest BCUT2D eigenvalue weighted by Gasteiger charge is 2.04. The third kappa shape index (κ3) is 2.07. The fraction of sp³-hybridized carbons (Fsp3) is 0. The van der Waals surface area contributed by atoms with Gasteiger partial charge in [0, 0.05) is 0 Å². The summed E-state index contributed by atoms with van der Waals surface area (Å²) in [5.74, 6) is 0.233. The third-order valence-electron chi connectivity index (χ3n) is 2.34. The van der Waals surface area contributed by atoms with Crippen LogP contribution < -0.4 is 0 Å². The number of oxazole rings is 1. The molecule has 18 heavy (non-hydrogen) atoms. The molecule has 0 amide bonds. The van der Waals surface area contributed by atoms with Gasteiger partial charge in [-0.1, -0.05) is 12.1 Å². The van der Waals surface area contributed by atoms with Crippen LogP contribution in [0, 0.1) is 4.84 Å². The van der Waals surface area contributed by atoms with Gasteiger partial charge in [0.1, 0.15) is 5.01 Å². The maximum absolute atomic E-state index is 9.46. The topological polar surface area (TPSA) is 62.0 Å². The number of H-pyrrole nitrogens is 1. The Hall–Kier alpha value is -1.92. The van der Waals surface area contributed by atoms with Gasteiger partial charge in [0.15, 0.2) is 5.76 Å². The molecule has 3 rings (SSSR count). The van der Waals surface area contributed by atoms with Crippen LogP contribution in [0.15, 0.2) is 28.7 Å². The molecule has 0 aliphatic carbocycles. The number of hydrogen-bond acceptors (Lipinski definition) is 5. The SMILES string of the molecule is Oc1[nH]c(=S)oc1/C=C/c1nc2ccccc2s1. The van der Waals surface area contributed by atoms with Gasteiger partial charge in [0.05, 0.1) is 10.2 Å². The normalized spacial score (nSPS) is 11.6. The number of fused-ring (bicyclic) bond motifs is 1. The summed E-state index contributed by atoms with van der Waals surface area (Å²) in [5.41, 5.74) is 0.960. The van der Waals surface area contributed by atoms with E-state index < -0.39 is 0 Å². The molecule has 0 unspecified atom stereocenters. The average molecular weight is 276 g/mol. The van der Waals surface area contributed by atoms with Crippen molar-refractivity contribution in [1.29, 1.82) is 0 Å². The lowest BCUT2D eigenvalue weighted by molar-refractivity contribution is 0.444. The monoisotopic (exact) mass is 276 g/mol. The Kier molecular flexibility index (Phi) is 2.73. The summed E-state index contributed by atoms with van der Waals surface area (Å²) in [5, 5.41) is 10.3. The van der Waals surface area contributed by atoms with Gasteiger partial charge in [-0.25, -0.2) is 4.98 Å². The van der Waals surface area contributed by atoms with E-state index in [4.69, 9.17) is 16.6 Å². The molecule has 0 saturated carbocycles. The molecule has 0 radical (unpaired) electrons. The molecule has 2 N–H and O–H groups in total. The Morgan fingerprint density at radius 3 is 2.89 bits per heavy atom. The van der Waals surface area contributed by atoms with Crippen molar-refractivity contribution in [2.45, 2.75) is 0 Å². The molecule has 4 nitrogen and oxygen atoms in total. The van der Waals surface area contributed by atoms with Gasteiger partial charge in [0.2, 0.25) is 5.88 Å². The largest absolute Gasteiger partial charge is 0.492 e. The second kappa shape index (κ2) is 4.40. The van der Waals surface area contributed by atoms with E-state index in [1.807, 2.05) is 24.3 Å². The summed E-state index contributed by atoms with van der Waals surface area (Å²) < 4.78 is 6.23. The Bertz CT molecular complexity index is 750. The Balaban J connectivity index is 1.96. The van der Waals surface area contributed by atoms with Gasteiger partial charge in [0.25, 0.3) is 4.84 Å². The molecular weight excluding hydrogens is 268 g/mol. The van der Waals surface area contributed by atoms with Crippen LogP contribution in [0.4, 0.5) is 0 Å². The number of nitrogens with zero attached hydrogens (tertiary/aromatic N) is 1. The van der Waals surface area contributed by atoms with Crippen molar-refractivity contribution in [3.8, 4) is 5.88 Å². The highest BCUT2D eigenvalue weighted by molar-refractivity contribution is 7.71. The number of aromatic nitrogens is 2. The van der Waals surface area contributed by atoms with E-state index in [0.717, 1.165) is 15.2 Å². The van der Waals surface area contributed by atoms with E-state index in [1.165, 1.54) is 0 Å². The summed E-state index contributed by atoms with van der Waals surface area (Å²) in [7, 11) is 0. The van der Waals surface area contributed by atoms with Gasteiger partial charge >= 0.3 is 0 Å². The van der Waals surface area contributed by atoms with E-state index >= 15 is 0 Å². The number of rotatable bonds is 2. The van der Waals surface area contributed by atoms with Crippen LogP contribution in [0.3, 0.4) is 0 Å². The number of thiazole rings is 1. The van der Waals surface area contributed by atoms with Crippen LogP contribution in [0.1, 0.15) is 10.8 Å². The minimum absolute atomic E-state index is 0.0719. The number of aromatic hydroxyl groups is 1. The molecule has 0 fully saturated rings. The smallest absolute Gasteiger partial charge is 0.269 e. The maximum Gasteiger partial charge on any atom is 0.269 e. The number of para-hydroxylation sites is 1. The van der Waals surface area contributed by atoms with Gasteiger partial charge < -0.3 is 9.52 Å².